The van der Waals surface area contributed by atoms with Crippen molar-refractivity contribution in [3.8, 4) is 6.07 Å². The number of hydrogen-bond donors (Lipinski definition) is 0. The molecule has 0 radical (unpaired) electrons. The minimum atomic E-state index is -0.959. The maximum Gasteiger partial charge on any atom is 1.00 e. The van der Waals surface area contributed by atoms with Crippen molar-refractivity contribution in [3.05, 3.63) is 63.1 Å². The van der Waals surface area contributed by atoms with Crippen LogP contribution in [-0.4, -0.2) is 29.7 Å². The van der Waals surface area contributed by atoms with Crippen LogP contribution in [0, 0.1) is 23.1 Å². The van der Waals surface area contributed by atoms with Crippen molar-refractivity contribution >= 4 is 22.8 Å². The van der Waals surface area contributed by atoms with E-state index >= 15 is 0 Å². The second-order valence-electron chi connectivity index (χ2n) is 6.58. The number of nitriles is 1. The van der Waals surface area contributed by atoms with Crippen molar-refractivity contribution in [2.24, 2.45) is 0 Å². The molecule has 0 aliphatic rings. The summed E-state index contributed by atoms with van der Waals surface area (Å²) >= 11 is 0. The van der Waals surface area contributed by atoms with E-state index in [4.69, 9.17) is 9.47 Å². The van der Waals surface area contributed by atoms with Crippen molar-refractivity contribution in [2.45, 2.75) is 34.2 Å². The Morgan fingerprint density at radius 1 is 1.23 bits per heavy atom. The summed E-state index contributed by atoms with van der Waals surface area (Å²) in [5.74, 6) is -3.22. The van der Waals surface area contributed by atoms with Gasteiger partial charge in [0.1, 0.15) is 5.56 Å². The Bertz CT molecular complexity index is 1110. The first-order valence-corrected chi connectivity index (χ1v) is 9.36. The van der Waals surface area contributed by atoms with Gasteiger partial charge in [-0.3, -0.25) is 14.0 Å². The van der Waals surface area contributed by atoms with Crippen molar-refractivity contribution in [2.75, 3.05) is 13.2 Å². The Morgan fingerprint density at radius 3 is 2.42 bits per heavy atom. The minimum Gasteiger partial charge on any atom is -0.471 e. The van der Waals surface area contributed by atoms with E-state index in [9.17, 15) is 24.0 Å². The molecule has 0 saturated carbocycles. The Balaban J connectivity index is 0.00000480. The molecule has 1 aromatic carbocycles. The molecule has 2 aromatic rings. The number of esters is 2. The van der Waals surface area contributed by atoms with Gasteiger partial charge in [0.05, 0.1) is 13.2 Å². The Labute approximate surface area is 201 Å². The number of hydrogen-bond acceptors (Lipinski definition) is 6. The molecule has 158 valence electrons. The molecule has 0 aliphatic carbocycles. The standard InChI is InChI=1S/C22H22FN2O5.Na/c1-5-29-21(27)16(11-24)14-10-19-15(9-18(14)23)20(26)17(22(28)30-6-2)12-25(19)8-7-13(3)4;/h7,9-10,12H,5-6,8H2,1-4H3;/q-1;+1. The molecule has 1 aromatic heterocycles. The predicted molar refractivity (Wildman–Crippen MR) is 108 cm³/mol. The Hall–Kier alpha value is -2.60. The van der Waals surface area contributed by atoms with Gasteiger partial charge < -0.3 is 14.0 Å². The number of ether oxygens (including phenoxy) is 2. The quantitative estimate of drug-likeness (QED) is 0.268. The molecule has 0 N–H and O–H groups in total. The second kappa shape index (κ2) is 11.7. The molecule has 0 amide bonds. The van der Waals surface area contributed by atoms with Crippen LogP contribution >= 0.6 is 0 Å². The number of rotatable bonds is 7. The summed E-state index contributed by atoms with van der Waals surface area (Å²) in [5.41, 5.74) is 0.0416. The van der Waals surface area contributed by atoms with Crippen LogP contribution < -0.4 is 35.0 Å². The van der Waals surface area contributed by atoms with E-state index < -0.39 is 29.1 Å². The van der Waals surface area contributed by atoms with Crippen LogP contribution in [0.25, 0.3) is 10.9 Å². The molecular formula is C22H22FN2NaO5. The summed E-state index contributed by atoms with van der Waals surface area (Å²) in [6.45, 7) is 7.32. The van der Waals surface area contributed by atoms with E-state index in [0.29, 0.717) is 0 Å². The number of fused-ring (bicyclic) bond motifs is 1. The van der Waals surface area contributed by atoms with Crippen LogP contribution in [0.1, 0.15) is 43.6 Å². The van der Waals surface area contributed by atoms with Gasteiger partial charge in [-0.15, -0.1) is 11.6 Å². The number of benzene rings is 1. The molecular weight excluding hydrogens is 414 g/mol. The van der Waals surface area contributed by atoms with Gasteiger partial charge in [-0.2, -0.15) is 0 Å². The number of halogens is 1. The average Bonchev–Trinajstić information content (AvgIpc) is 2.69. The van der Waals surface area contributed by atoms with Crippen LogP contribution in [0.15, 0.2) is 34.8 Å². The van der Waals surface area contributed by atoms with E-state index in [0.717, 1.165) is 11.6 Å². The fourth-order valence-electron chi connectivity index (χ4n) is 2.81. The molecule has 0 spiro atoms. The molecule has 9 heteroatoms. The summed E-state index contributed by atoms with van der Waals surface area (Å²) < 4.78 is 26.1. The average molecular weight is 436 g/mol. The third kappa shape index (κ3) is 5.97. The first kappa shape index (κ1) is 26.4. The summed E-state index contributed by atoms with van der Waals surface area (Å²) in [5, 5.41) is 9.29. The van der Waals surface area contributed by atoms with Crippen LogP contribution in [-0.2, 0) is 20.8 Å². The van der Waals surface area contributed by atoms with E-state index in [1.54, 1.807) is 24.5 Å². The maximum atomic E-state index is 14.8. The van der Waals surface area contributed by atoms with E-state index in [-0.39, 0.29) is 71.3 Å². The fraction of sp³-hybridized carbons (Fsp3) is 0.318. The summed E-state index contributed by atoms with van der Waals surface area (Å²) in [7, 11) is 0. The predicted octanol–water partition coefficient (Wildman–Crippen LogP) is 0.297. The fourth-order valence-corrected chi connectivity index (χ4v) is 2.81. The number of aromatic nitrogens is 1. The monoisotopic (exact) mass is 436 g/mol. The van der Waals surface area contributed by atoms with E-state index in [1.165, 1.54) is 12.3 Å². The molecule has 0 fully saturated rings. The second-order valence-corrected chi connectivity index (χ2v) is 6.58. The van der Waals surface area contributed by atoms with E-state index in [2.05, 4.69) is 0 Å². The summed E-state index contributed by atoms with van der Waals surface area (Å²) in [4.78, 5) is 37.1. The van der Waals surface area contributed by atoms with Crippen LogP contribution in [0.5, 0.6) is 0 Å². The number of allylic oxidation sites excluding steroid dienone is 2. The Morgan fingerprint density at radius 2 is 1.87 bits per heavy atom. The number of carbonyl (C=O) groups excluding carboxylic acids is 2. The summed E-state index contributed by atoms with van der Waals surface area (Å²) in [6, 6.07) is 3.84. The van der Waals surface area contributed by atoms with E-state index in [1.807, 2.05) is 19.9 Å². The van der Waals surface area contributed by atoms with Crippen LogP contribution in [0.4, 0.5) is 4.39 Å². The summed E-state index contributed by atoms with van der Waals surface area (Å²) in [6.07, 6.45) is 3.18. The molecule has 0 atom stereocenters. The number of nitrogens with zero attached hydrogens (tertiary/aromatic N) is 2. The van der Waals surface area contributed by atoms with Crippen molar-refractivity contribution in [1.29, 1.82) is 5.26 Å². The topological polar surface area (TPSA) is 98.4 Å². The smallest absolute Gasteiger partial charge is 0.471 e. The number of pyridine rings is 1. The minimum absolute atomic E-state index is 0. The van der Waals surface area contributed by atoms with Crippen LogP contribution in [0.3, 0.4) is 0 Å². The molecule has 0 unspecified atom stereocenters. The number of carbonyl (C=O) groups is 2. The van der Waals surface area contributed by atoms with Crippen molar-refractivity contribution < 1.29 is 53.0 Å². The van der Waals surface area contributed by atoms with Gasteiger partial charge in [-0.25, -0.2) is 10.1 Å². The van der Waals surface area contributed by atoms with Gasteiger partial charge in [-0.1, -0.05) is 17.7 Å². The first-order valence-electron chi connectivity index (χ1n) is 9.36. The first-order chi connectivity index (χ1) is 14.2. The third-order valence-corrected chi connectivity index (χ3v) is 4.22. The van der Waals surface area contributed by atoms with Crippen molar-refractivity contribution in [3.63, 3.8) is 0 Å². The zero-order chi connectivity index (χ0) is 22.4. The molecule has 7 nitrogen and oxygen atoms in total. The maximum absolute atomic E-state index is 14.8. The van der Waals surface area contributed by atoms with Gasteiger partial charge in [0, 0.05) is 35.9 Å². The zero-order valence-electron chi connectivity index (χ0n) is 18.2. The van der Waals surface area contributed by atoms with Gasteiger partial charge >= 0.3 is 35.5 Å². The normalized spacial score (nSPS) is 9.94. The van der Waals surface area contributed by atoms with Crippen LogP contribution in [0.2, 0.25) is 0 Å². The molecule has 0 saturated heterocycles. The SMILES string of the molecule is CCOC(=O)c1cn(CC=C(C)C)c2cc([C-](C#N)C(=O)OCC)c(F)cc2c1=O.[Na+]. The van der Waals surface area contributed by atoms with Crippen molar-refractivity contribution in [1.82, 2.24) is 4.57 Å². The molecule has 0 bridgehead atoms. The van der Waals surface area contributed by atoms with Gasteiger partial charge in [0.15, 0.2) is 0 Å². The molecule has 31 heavy (non-hydrogen) atoms. The molecule has 0 aliphatic heterocycles. The van der Waals surface area contributed by atoms with Gasteiger partial charge in [-0.05, 0) is 33.2 Å². The zero-order valence-corrected chi connectivity index (χ0v) is 20.2. The Kier molecular flexibility index (Phi) is 9.98. The van der Waals surface area contributed by atoms with Gasteiger partial charge in [0.2, 0.25) is 5.43 Å². The third-order valence-electron chi connectivity index (χ3n) is 4.22. The molecule has 1 heterocycles. The largest absolute Gasteiger partial charge is 1.00 e. The molecule has 2 rings (SSSR count). The van der Waals surface area contributed by atoms with Gasteiger partial charge in [0.25, 0.3) is 5.97 Å².